The molecule has 112 valence electrons. The van der Waals surface area contributed by atoms with E-state index < -0.39 is 12.5 Å². The molecule has 2 aromatic carbocycles. The van der Waals surface area contributed by atoms with Crippen LogP contribution < -0.4 is 4.74 Å². The van der Waals surface area contributed by atoms with Gasteiger partial charge in [-0.3, -0.25) is 0 Å². The molecule has 1 atom stereocenters. The zero-order valence-corrected chi connectivity index (χ0v) is 12.9. The standard InChI is InChI=1S/C15H12F3IO2/c16-15(17,18)21-13-6-4-10(5-7-13)8-14(20)11-2-1-3-12(19)9-11/h1-7,9,14,20H,8H2. The van der Waals surface area contributed by atoms with Crippen LogP contribution in [0, 0.1) is 3.57 Å². The number of benzene rings is 2. The molecule has 0 aliphatic carbocycles. The van der Waals surface area contributed by atoms with Crippen LogP contribution in [0.4, 0.5) is 13.2 Å². The van der Waals surface area contributed by atoms with E-state index in [9.17, 15) is 18.3 Å². The smallest absolute Gasteiger partial charge is 0.406 e. The number of rotatable bonds is 4. The molecule has 1 N–H and O–H groups in total. The Hall–Kier alpha value is -1.28. The van der Waals surface area contributed by atoms with Crippen molar-refractivity contribution in [2.24, 2.45) is 0 Å². The van der Waals surface area contributed by atoms with Crippen LogP contribution >= 0.6 is 22.6 Å². The van der Waals surface area contributed by atoms with Crippen molar-refractivity contribution in [1.29, 1.82) is 0 Å². The molecule has 21 heavy (non-hydrogen) atoms. The molecule has 0 saturated heterocycles. The number of hydrogen-bond donors (Lipinski definition) is 1. The van der Waals surface area contributed by atoms with E-state index in [-0.39, 0.29) is 5.75 Å². The van der Waals surface area contributed by atoms with Gasteiger partial charge in [-0.2, -0.15) is 0 Å². The van der Waals surface area contributed by atoms with E-state index in [1.165, 1.54) is 24.3 Å². The Morgan fingerprint density at radius 1 is 1.10 bits per heavy atom. The highest BCUT2D eigenvalue weighted by atomic mass is 127. The summed E-state index contributed by atoms with van der Waals surface area (Å²) in [6.07, 6.45) is -5.07. The summed E-state index contributed by atoms with van der Waals surface area (Å²) in [4.78, 5) is 0. The van der Waals surface area contributed by atoms with Gasteiger partial charge in [0, 0.05) is 9.99 Å². The fourth-order valence-electron chi connectivity index (χ4n) is 1.88. The van der Waals surface area contributed by atoms with Crippen molar-refractivity contribution in [2.75, 3.05) is 0 Å². The topological polar surface area (TPSA) is 29.5 Å². The molecule has 0 aliphatic heterocycles. The fourth-order valence-corrected chi connectivity index (χ4v) is 2.45. The predicted molar refractivity (Wildman–Crippen MR) is 80.9 cm³/mol. The van der Waals surface area contributed by atoms with Gasteiger partial charge in [0.15, 0.2) is 0 Å². The number of aliphatic hydroxyl groups excluding tert-OH is 1. The molecule has 0 amide bonds. The minimum atomic E-state index is -4.69. The van der Waals surface area contributed by atoms with Crippen molar-refractivity contribution in [2.45, 2.75) is 18.9 Å². The fraction of sp³-hybridized carbons (Fsp3) is 0.200. The van der Waals surface area contributed by atoms with Gasteiger partial charge >= 0.3 is 6.36 Å². The zero-order valence-electron chi connectivity index (χ0n) is 10.8. The first-order chi connectivity index (χ1) is 9.83. The monoisotopic (exact) mass is 408 g/mol. The average molecular weight is 408 g/mol. The van der Waals surface area contributed by atoms with Crippen molar-refractivity contribution in [3.05, 3.63) is 63.2 Å². The third-order valence-corrected chi connectivity index (χ3v) is 3.49. The summed E-state index contributed by atoms with van der Waals surface area (Å²) < 4.78 is 41.0. The maximum Gasteiger partial charge on any atom is 0.573 e. The molecule has 0 aliphatic rings. The summed E-state index contributed by atoms with van der Waals surface area (Å²) >= 11 is 2.15. The molecular weight excluding hydrogens is 396 g/mol. The molecule has 0 spiro atoms. The van der Waals surface area contributed by atoms with Gasteiger partial charge in [-0.05, 0) is 58.0 Å². The normalized spacial score (nSPS) is 13.0. The molecule has 0 radical (unpaired) electrons. The molecule has 0 heterocycles. The summed E-state index contributed by atoms with van der Waals surface area (Å²) in [6, 6.07) is 13.0. The van der Waals surface area contributed by atoms with Gasteiger partial charge < -0.3 is 9.84 Å². The van der Waals surface area contributed by atoms with Crippen LogP contribution in [0.2, 0.25) is 0 Å². The van der Waals surface area contributed by atoms with Crippen molar-refractivity contribution >= 4 is 22.6 Å². The van der Waals surface area contributed by atoms with Crippen molar-refractivity contribution in [3.8, 4) is 5.75 Å². The van der Waals surface area contributed by atoms with Crippen LogP contribution in [0.5, 0.6) is 5.75 Å². The second-order valence-electron chi connectivity index (χ2n) is 4.47. The molecule has 2 nitrogen and oxygen atoms in total. The highest BCUT2D eigenvalue weighted by Crippen LogP contribution is 2.25. The third-order valence-electron chi connectivity index (χ3n) is 2.82. The van der Waals surface area contributed by atoms with E-state index in [2.05, 4.69) is 27.3 Å². The molecule has 0 aromatic heterocycles. The maximum absolute atomic E-state index is 12.0. The van der Waals surface area contributed by atoms with Crippen LogP contribution in [0.1, 0.15) is 17.2 Å². The minimum absolute atomic E-state index is 0.269. The maximum atomic E-state index is 12.0. The van der Waals surface area contributed by atoms with Crippen LogP contribution in [0.25, 0.3) is 0 Å². The number of hydrogen-bond acceptors (Lipinski definition) is 2. The second kappa shape index (κ2) is 6.65. The lowest BCUT2D eigenvalue weighted by molar-refractivity contribution is -0.274. The Balaban J connectivity index is 2.03. The lowest BCUT2D eigenvalue weighted by Gasteiger charge is -2.13. The van der Waals surface area contributed by atoms with Gasteiger partial charge in [0.05, 0.1) is 6.10 Å². The molecule has 0 bridgehead atoms. The summed E-state index contributed by atoms with van der Waals surface area (Å²) in [5.74, 6) is -0.269. The molecule has 0 saturated carbocycles. The number of aliphatic hydroxyl groups is 1. The Bertz CT molecular complexity index is 597. The van der Waals surface area contributed by atoms with Crippen LogP contribution in [-0.4, -0.2) is 11.5 Å². The highest BCUT2D eigenvalue weighted by Gasteiger charge is 2.30. The lowest BCUT2D eigenvalue weighted by atomic mass is 10.0. The van der Waals surface area contributed by atoms with Gasteiger partial charge in [0.1, 0.15) is 5.75 Å². The number of ether oxygens (including phenoxy) is 1. The van der Waals surface area contributed by atoms with Crippen LogP contribution in [0.15, 0.2) is 48.5 Å². The van der Waals surface area contributed by atoms with Crippen molar-refractivity contribution in [3.63, 3.8) is 0 Å². The van der Waals surface area contributed by atoms with E-state index in [1.54, 1.807) is 0 Å². The summed E-state index contributed by atoms with van der Waals surface area (Å²) in [7, 11) is 0. The average Bonchev–Trinajstić information content (AvgIpc) is 2.39. The van der Waals surface area contributed by atoms with E-state index >= 15 is 0 Å². The second-order valence-corrected chi connectivity index (χ2v) is 5.71. The van der Waals surface area contributed by atoms with Gasteiger partial charge in [-0.1, -0.05) is 24.3 Å². The molecule has 6 heteroatoms. The van der Waals surface area contributed by atoms with Crippen molar-refractivity contribution in [1.82, 2.24) is 0 Å². The van der Waals surface area contributed by atoms with Gasteiger partial charge in [0.2, 0.25) is 0 Å². The van der Waals surface area contributed by atoms with Gasteiger partial charge in [0.25, 0.3) is 0 Å². The van der Waals surface area contributed by atoms with Gasteiger partial charge in [-0.15, -0.1) is 13.2 Å². The largest absolute Gasteiger partial charge is 0.573 e. The molecule has 0 fully saturated rings. The first-order valence-corrected chi connectivity index (χ1v) is 7.19. The minimum Gasteiger partial charge on any atom is -0.406 e. The first kappa shape index (κ1) is 16.1. The highest BCUT2D eigenvalue weighted by molar-refractivity contribution is 14.1. The van der Waals surface area contributed by atoms with E-state index in [0.717, 1.165) is 14.7 Å². The van der Waals surface area contributed by atoms with E-state index in [0.29, 0.717) is 6.42 Å². The van der Waals surface area contributed by atoms with E-state index in [4.69, 9.17) is 0 Å². The number of halogens is 4. The SMILES string of the molecule is OC(Cc1ccc(OC(F)(F)F)cc1)c1cccc(I)c1. The Morgan fingerprint density at radius 2 is 1.76 bits per heavy atom. The van der Waals surface area contributed by atoms with Crippen LogP contribution in [-0.2, 0) is 6.42 Å². The summed E-state index contributed by atoms with van der Waals surface area (Å²) in [5.41, 5.74) is 1.51. The van der Waals surface area contributed by atoms with Gasteiger partial charge in [-0.25, -0.2) is 0 Å². The molecule has 2 aromatic rings. The van der Waals surface area contributed by atoms with E-state index in [1.807, 2.05) is 24.3 Å². The van der Waals surface area contributed by atoms with Crippen molar-refractivity contribution < 1.29 is 23.0 Å². The first-order valence-electron chi connectivity index (χ1n) is 6.12. The molecular formula is C15H12F3IO2. The Labute approximate surface area is 133 Å². The number of alkyl halides is 3. The molecule has 2 rings (SSSR count). The zero-order chi connectivity index (χ0) is 15.5. The summed E-state index contributed by atoms with van der Waals surface area (Å²) in [6.45, 7) is 0. The quantitative estimate of drug-likeness (QED) is 0.757. The Morgan fingerprint density at radius 3 is 2.33 bits per heavy atom. The molecule has 1 unspecified atom stereocenters. The Kier molecular flexibility index (Phi) is 5.10. The predicted octanol–water partition coefficient (Wildman–Crippen LogP) is 4.47. The lowest BCUT2D eigenvalue weighted by Crippen LogP contribution is -2.17. The van der Waals surface area contributed by atoms with Crippen LogP contribution in [0.3, 0.4) is 0 Å². The summed E-state index contributed by atoms with van der Waals surface area (Å²) in [5, 5.41) is 10.1. The third kappa shape index (κ3) is 5.20.